The summed E-state index contributed by atoms with van der Waals surface area (Å²) in [6.07, 6.45) is 7.99. The van der Waals surface area contributed by atoms with E-state index in [1.165, 1.54) is 6.20 Å². The zero-order valence-corrected chi connectivity index (χ0v) is 14.1. The average molecular weight is 356 g/mol. The number of nitrogens with zero attached hydrogens (tertiary/aromatic N) is 3. The molecule has 25 heavy (non-hydrogen) atoms. The van der Waals surface area contributed by atoms with Crippen LogP contribution in [0.4, 0.5) is 4.39 Å². The fourth-order valence-corrected chi connectivity index (χ4v) is 3.08. The van der Waals surface area contributed by atoms with Crippen molar-refractivity contribution in [1.29, 1.82) is 0 Å². The van der Waals surface area contributed by atoms with Crippen molar-refractivity contribution >= 4 is 11.6 Å². The van der Waals surface area contributed by atoms with Crippen molar-refractivity contribution in [2.75, 3.05) is 0 Å². The van der Waals surface area contributed by atoms with E-state index in [4.69, 9.17) is 16.3 Å². The monoisotopic (exact) mass is 355 g/mol. The fourth-order valence-electron chi connectivity index (χ4n) is 2.94. The Balaban J connectivity index is 1.80. The van der Waals surface area contributed by atoms with Gasteiger partial charge in [-0.15, -0.1) is 0 Å². The number of hydrogen-bond acceptors (Lipinski definition) is 4. The van der Waals surface area contributed by atoms with E-state index in [0.717, 1.165) is 24.8 Å². The summed E-state index contributed by atoms with van der Waals surface area (Å²) in [5.74, 6) is 0.334. The van der Waals surface area contributed by atoms with Crippen LogP contribution in [0.1, 0.15) is 30.7 Å². The molecular weight excluding hydrogens is 341 g/mol. The minimum Gasteiger partial charge on any atom is -0.435 e. The van der Waals surface area contributed by atoms with E-state index in [1.54, 1.807) is 30.6 Å². The van der Waals surface area contributed by atoms with Gasteiger partial charge in [-0.3, -0.25) is 4.98 Å². The molecule has 0 atom stereocenters. The van der Waals surface area contributed by atoms with E-state index in [9.17, 15) is 0 Å². The molecule has 1 aliphatic rings. The quantitative estimate of drug-likeness (QED) is 0.588. The van der Waals surface area contributed by atoms with Crippen LogP contribution in [0.3, 0.4) is 0 Å². The van der Waals surface area contributed by atoms with Gasteiger partial charge in [0.1, 0.15) is 0 Å². The first-order valence-electron chi connectivity index (χ1n) is 8.11. The lowest BCUT2D eigenvalue weighted by Gasteiger charge is -2.28. The Hall–Kier alpha value is -2.53. The van der Waals surface area contributed by atoms with Crippen LogP contribution in [0.2, 0.25) is 5.28 Å². The second-order valence-corrected chi connectivity index (χ2v) is 6.32. The van der Waals surface area contributed by atoms with Crippen molar-refractivity contribution in [3.63, 3.8) is 0 Å². The molecule has 0 aliphatic heterocycles. The van der Waals surface area contributed by atoms with Gasteiger partial charge in [0.15, 0.2) is 11.6 Å². The van der Waals surface area contributed by atoms with Crippen molar-refractivity contribution in [3.05, 3.63) is 65.6 Å². The normalized spacial score (nSPS) is 14.2. The van der Waals surface area contributed by atoms with Gasteiger partial charge in [-0.2, -0.15) is 4.98 Å². The lowest BCUT2D eigenvalue weighted by atomic mass is 9.79. The van der Waals surface area contributed by atoms with E-state index in [1.807, 2.05) is 12.1 Å². The van der Waals surface area contributed by atoms with Crippen LogP contribution in [0.5, 0.6) is 11.6 Å². The highest BCUT2D eigenvalue weighted by atomic mass is 35.5. The maximum Gasteiger partial charge on any atom is 0.225 e. The molecule has 0 amide bonds. The molecule has 2 heterocycles. The Bertz CT molecular complexity index is 900. The van der Waals surface area contributed by atoms with Crippen molar-refractivity contribution in [1.82, 2.24) is 15.0 Å². The third-order valence-electron chi connectivity index (χ3n) is 4.45. The van der Waals surface area contributed by atoms with Crippen molar-refractivity contribution < 1.29 is 9.13 Å². The first kappa shape index (κ1) is 16.0. The van der Waals surface area contributed by atoms with Gasteiger partial charge in [-0.05, 0) is 36.4 Å². The van der Waals surface area contributed by atoms with Crippen LogP contribution in [-0.2, 0) is 0 Å². The summed E-state index contributed by atoms with van der Waals surface area (Å²) in [7, 11) is 0. The molecule has 0 N–H and O–H groups in total. The molecule has 4 rings (SSSR count). The maximum absolute atomic E-state index is 15.3. The maximum atomic E-state index is 15.3. The van der Waals surface area contributed by atoms with Gasteiger partial charge in [-0.1, -0.05) is 24.6 Å². The van der Waals surface area contributed by atoms with Gasteiger partial charge in [0.25, 0.3) is 0 Å². The number of benzene rings is 1. The average Bonchev–Trinajstić information content (AvgIpc) is 2.57. The zero-order chi connectivity index (χ0) is 17.2. The molecule has 1 saturated carbocycles. The van der Waals surface area contributed by atoms with Gasteiger partial charge in [0, 0.05) is 41.3 Å². The fraction of sp³-hybridized carbons (Fsp3) is 0.211. The Morgan fingerprint density at radius 1 is 1.12 bits per heavy atom. The van der Waals surface area contributed by atoms with Gasteiger partial charge >= 0.3 is 0 Å². The van der Waals surface area contributed by atoms with Gasteiger partial charge in [0.2, 0.25) is 11.2 Å². The number of halogens is 2. The summed E-state index contributed by atoms with van der Waals surface area (Å²) in [4.78, 5) is 11.9. The van der Waals surface area contributed by atoms with Gasteiger partial charge in [0.05, 0.1) is 0 Å². The number of aromatic nitrogens is 3. The molecule has 3 aromatic rings. The summed E-state index contributed by atoms with van der Waals surface area (Å²) >= 11 is 5.81. The molecule has 0 radical (unpaired) electrons. The molecule has 1 aromatic carbocycles. The molecule has 0 unspecified atom stereocenters. The van der Waals surface area contributed by atoms with Crippen molar-refractivity contribution in [3.8, 4) is 22.8 Å². The highest BCUT2D eigenvalue weighted by Gasteiger charge is 2.27. The number of hydrogen-bond donors (Lipinski definition) is 0. The molecule has 6 heteroatoms. The Kier molecular flexibility index (Phi) is 4.32. The van der Waals surface area contributed by atoms with Crippen molar-refractivity contribution in [2.45, 2.75) is 25.2 Å². The van der Waals surface area contributed by atoms with E-state index < -0.39 is 5.82 Å². The van der Waals surface area contributed by atoms with Gasteiger partial charge in [-0.25, -0.2) is 9.37 Å². The van der Waals surface area contributed by atoms with E-state index >= 15 is 4.39 Å². The number of ether oxygens (including phenoxy) is 1. The van der Waals surface area contributed by atoms with E-state index in [2.05, 4.69) is 15.0 Å². The van der Waals surface area contributed by atoms with Crippen molar-refractivity contribution in [2.24, 2.45) is 0 Å². The SMILES string of the molecule is Fc1c(-c2cccnc2)ccc(C2CCC2)c1Oc1ccnc(Cl)n1. The zero-order valence-electron chi connectivity index (χ0n) is 13.3. The molecule has 1 fully saturated rings. The predicted octanol–water partition coefficient (Wildman–Crippen LogP) is 5.39. The summed E-state index contributed by atoms with van der Waals surface area (Å²) in [5, 5.41) is 0.0616. The third-order valence-corrected chi connectivity index (χ3v) is 4.63. The first-order chi connectivity index (χ1) is 12.2. The molecule has 1 aliphatic carbocycles. The van der Waals surface area contributed by atoms with Crippen LogP contribution in [0.25, 0.3) is 11.1 Å². The van der Waals surface area contributed by atoms with Crippen LogP contribution in [0.15, 0.2) is 48.9 Å². The Morgan fingerprint density at radius 3 is 2.68 bits per heavy atom. The topological polar surface area (TPSA) is 47.9 Å². The van der Waals surface area contributed by atoms with E-state index in [0.29, 0.717) is 17.0 Å². The molecule has 0 saturated heterocycles. The molecule has 126 valence electrons. The highest BCUT2D eigenvalue weighted by molar-refractivity contribution is 6.28. The standard InChI is InChI=1S/C19H15ClFN3O/c20-19-23-10-8-16(24-19)25-18-15(12-3-1-4-12)7-6-14(17(18)21)13-5-2-9-22-11-13/h2,5-12H,1,3-4H2. The number of pyridine rings is 1. The predicted molar refractivity (Wildman–Crippen MR) is 93.3 cm³/mol. The van der Waals surface area contributed by atoms with Gasteiger partial charge < -0.3 is 4.74 Å². The smallest absolute Gasteiger partial charge is 0.225 e. The molecule has 0 bridgehead atoms. The van der Waals surface area contributed by atoms with Crippen LogP contribution in [-0.4, -0.2) is 15.0 Å². The molecular formula is C19H15ClFN3O. The lowest BCUT2D eigenvalue weighted by molar-refractivity contribution is 0.378. The molecule has 4 nitrogen and oxygen atoms in total. The Labute approximate surface area is 149 Å². The largest absolute Gasteiger partial charge is 0.435 e. The summed E-state index contributed by atoms with van der Waals surface area (Å²) in [6, 6.07) is 8.89. The second-order valence-electron chi connectivity index (χ2n) is 5.98. The van der Waals surface area contributed by atoms with E-state index in [-0.39, 0.29) is 16.9 Å². The third kappa shape index (κ3) is 3.20. The lowest BCUT2D eigenvalue weighted by Crippen LogP contribution is -2.11. The molecule has 2 aromatic heterocycles. The second kappa shape index (κ2) is 6.76. The van der Waals surface area contributed by atoms with Crippen LogP contribution >= 0.6 is 11.6 Å². The number of rotatable bonds is 4. The Morgan fingerprint density at radius 2 is 2.00 bits per heavy atom. The summed E-state index contributed by atoms with van der Waals surface area (Å²) in [5.41, 5.74) is 2.02. The summed E-state index contributed by atoms with van der Waals surface area (Å²) < 4.78 is 21.1. The van der Waals surface area contributed by atoms with Crippen LogP contribution < -0.4 is 4.74 Å². The highest BCUT2D eigenvalue weighted by Crippen LogP contribution is 2.44. The first-order valence-corrected chi connectivity index (χ1v) is 8.49. The minimum absolute atomic E-state index is 0.0616. The molecule has 0 spiro atoms. The minimum atomic E-state index is -0.410. The summed E-state index contributed by atoms with van der Waals surface area (Å²) in [6.45, 7) is 0. The van der Waals surface area contributed by atoms with Crippen LogP contribution in [0, 0.1) is 5.82 Å².